The molecule has 0 aliphatic heterocycles. The Labute approximate surface area is 110 Å². The van der Waals surface area contributed by atoms with Crippen LogP contribution in [0.2, 0.25) is 0 Å². The van der Waals surface area contributed by atoms with Crippen LogP contribution in [0.15, 0.2) is 18.2 Å². The normalized spacial score (nSPS) is 12.0. The van der Waals surface area contributed by atoms with E-state index in [0.29, 0.717) is 25.6 Å². The maximum atomic E-state index is 13.3. The second-order valence-electron chi connectivity index (χ2n) is 3.95. The van der Waals surface area contributed by atoms with Crippen LogP contribution in [0.4, 0.5) is 19.3 Å². The first-order chi connectivity index (χ1) is 9.06. The van der Waals surface area contributed by atoms with Gasteiger partial charge in [0.1, 0.15) is 11.6 Å². The third kappa shape index (κ3) is 5.19. The molecule has 7 heteroatoms. The summed E-state index contributed by atoms with van der Waals surface area (Å²) in [5, 5.41) is 4.89. The van der Waals surface area contributed by atoms with Crippen LogP contribution in [0.3, 0.4) is 0 Å². The molecule has 0 aliphatic rings. The van der Waals surface area contributed by atoms with Gasteiger partial charge < -0.3 is 21.1 Å². The standard InChI is InChI=1S/C12H17F2N3O2/c1-19-7-9(4-5-15)16-12(18)17-11-3-2-8(13)6-10(11)14/h2-3,6,9H,4-5,7,15H2,1H3,(H2,16,17,18). The largest absolute Gasteiger partial charge is 0.383 e. The van der Waals surface area contributed by atoms with Crippen LogP contribution in [-0.2, 0) is 4.74 Å². The first kappa shape index (κ1) is 15.3. The minimum absolute atomic E-state index is 0.0946. The Morgan fingerprint density at radius 3 is 2.79 bits per heavy atom. The molecule has 5 nitrogen and oxygen atoms in total. The van der Waals surface area contributed by atoms with Crippen molar-refractivity contribution in [3.05, 3.63) is 29.8 Å². The highest BCUT2D eigenvalue weighted by Crippen LogP contribution is 2.14. The van der Waals surface area contributed by atoms with E-state index in [-0.39, 0.29) is 11.7 Å². The highest BCUT2D eigenvalue weighted by atomic mass is 19.1. The Hall–Kier alpha value is -1.73. The highest BCUT2D eigenvalue weighted by molar-refractivity contribution is 5.89. The van der Waals surface area contributed by atoms with Crippen molar-refractivity contribution in [3.8, 4) is 0 Å². The Morgan fingerprint density at radius 2 is 2.21 bits per heavy atom. The van der Waals surface area contributed by atoms with E-state index in [1.165, 1.54) is 7.11 Å². The number of carbonyl (C=O) groups excluding carboxylic acids is 1. The van der Waals surface area contributed by atoms with Crippen molar-refractivity contribution in [2.45, 2.75) is 12.5 Å². The number of anilines is 1. The molecule has 1 atom stereocenters. The first-order valence-electron chi connectivity index (χ1n) is 5.78. The average Bonchev–Trinajstić information content (AvgIpc) is 2.33. The van der Waals surface area contributed by atoms with Crippen LogP contribution in [-0.4, -0.2) is 32.3 Å². The number of amides is 2. The summed E-state index contributed by atoms with van der Waals surface area (Å²) in [7, 11) is 1.50. The number of urea groups is 1. The summed E-state index contributed by atoms with van der Waals surface area (Å²) in [4.78, 5) is 11.6. The van der Waals surface area contributed by atoms with Crippen molar-refractivity contribution >= 4 is 11.7 Å². The smallest absolute Gasteiger partial charge is 0.319 e. The minimum atomic E-state index is -0.836. The number of halogens is 2. The molecule has 0 saturated carbocycles. The van der Waals surface area contributed by atoms with Gasteiger partial charge in [-0.3, -0.25) is 0 Å². The van der Waals surface area contributed by atoms with Gasteiger partial charge >= 0.3 is 6.03 Å². The number of ether oxygens (including phenoxy) is 1. The van der Waals surface area contributed by atoms with Crippen molar-refractivity contribution in [3.63, 3.8) is 0 Å². The molecule has 0 spiro atoms. The van der Waals surface area contributed by atoms with E-state index in [4.69, 9.17) is 10.5 Å². The predicted molar refractivity (Wildman–Crippen MR) is 67.8 cm³/mol. The number of nitrogens with two attached hydrogens (primary N) is 1. The van der Waals surface area contributed by atoms with Gasteiger partial charge in [-0.05, 0) is 25.1 Å². The van der Waals surface area contributed by atoms with Crippen LogP contribution < -0.4 is 16.4 Å². The van der Waals surface area contributed by atoms with E-state index in [9.17, 15) is 13.6 Å². The molecule has 19 heavy (non-hydrogen) atoms. The predicted octanol–water partition coefficient (Wildman–Crippen LogP) is 1.45. The van der Waals surface area contributed by atoms with Crippen LogP contribution in [0.25, 0.3) is 0 Å². The molecular weight excluding hydrogens is 256 g/mol. The number of hydrogen-bond donors (Lipinski definition) is 3. The number of nitrogens with one attached hydrogen (secondary N) is 2. The summed E-state index contributed by atoms with van der Waals surface area (Å²) < 4.78 is 30.9. The number of carbonyl (C=O) groups is 1. The molecule has 0 radical (unpaired) electrons. The number of hydrogen-bond acceptors (Lipinski definition) is 3. The third-order valence-electron chi connectivity index (χ3n) is 2.40. The van der Waals surface area contributed by atoms with E-state index in [0.717, 1.165) is 12.1 Å². The topological polar surface area (TPSA) is 76.4 Å². The Morgan fingerprint density at radius 1 is 1.47 bits per heavy atom. The third-order valence-corrected chi connectivity index (χ3v) is 2.40. The number of benzene rings is 1. The van der Waals surface area contributed by atoms with Crippen LogP contribution in [0.5, 0.6) is 0 Å². The lowest BCUT2D eigenvalue weighted by atomic mass is 10.2. The summed E-state index contributed by atoms with van der Waals surface area (Å²) in [6.45, 7) is 0.690. The zero-order valence-corrected chi connectivity index (χ0v) is 10.6. The molecule has 0 aliphatic carbocycles. The molecule has 1 rings (SSSR count). The van der Waals surface area contributed by atoms with E-state index in [1.807, 2.05) is 0 Å². The molecule has 0 aromatic heterocycles. The number of rotatable bonds is 6. The summed E-state index contributed by atoms with van der Waals surface area (Å²) in [6.07, 6.45) is 0.535. The average molecular weight is 273 g/mol. The van der Waals surface area contributed by atoms with Gasteiger partial charge in [-0.15, -0.1) is 0 Å². The summed E-state index contributed by atoms with van der Waals surface area (Å²) in [6, 6.07) is 2.05. The molecule has 1 aromatic carbocycles. The van der Waals surface area contributed by atoms with E-state index in [1.54, 1.807) is 0 Å². The molecule has 2 amide bonds. The lowest BCUT2D eigenvalue weighted by Crippen LogP contribution is -2.41. The Balaban J connectivity index is 2.58. The molecule has 0 saturated heterocycles. The monoisotopic (exact) mass is 273 g/mol. The fourth-order valence-corrected chi connectivity index (χ4v) is 1.53. The van der Waals surface area contributed by atoms with E-state index >= 15 is 0 Å². The molecule has 0 heterocycles. The fraction of sp³-hybridized carbons (Fsp3) is 0.417. The second kappa shape index (κ2) is 7.65. The van der Waals surface area contributed by atoms with Crippen LogP contribution in [0.1, 0.15) is 6.42 Å². The van der Waals surface area contributed by atoms with Gasteiger partial charge in [0, 0.05) is 13.2 Å². The Kier molecular flexibility index (Phi) is 6.17. The van der Waals surface area contributed by atoms with Gasteiger partial charge in [-0.1, -0.05) is 0 Å². The molecule has 1 aromatic rings. The quantitative estimate of drug-likeness (QED) is 0.734. The van der Waals surface area contributed by atoms with Gasteiger partial charge in [0.15, 0.2) is 0 Å². The first-order valence-corrected chi connectivity index (χ1v) is 5.78. The van der Waals surface area contributed by atoms with Crippen molar-refractivity contribution in [2.75, 3.05) is 25.6 Å². The maximum absolute atomic E-state index is 13.3. The zero-order valence-electron chi connectivity index (χ0n) is 10.6. The lowest BCUT2D eigenvalue weighted by Gasteiger charge is -2.17. The zero-order chi connectivity index (χ0) is 14.3. The van der Waals surface area contributed by atoms with Crippen molar-refractivity contribution in [1.29, 1.82) is 0 Å². The van der Waals surface area contributed by atoms with Crippen LogP contribution in [0, 0.1) is 11.6 Å². The van der Waals surface area contributed by atoms with Crippen LogP contribution >= 0.6 is 0 Å². The SMILES string of the molecule is COCC(CCN)NC(=O)Nc1ccc(F)cc1F. The number of methoxy groups -OCH3 is 1. The highest BCUT2D eigenvalue weighted by Gasteiger charge is 2.13. The molecule has 4 N–H and O–H groups in total. The van der Waals surface area contributed by atoms with Crippen molar-refractivity contribution in [2.24, 2.45) is 5.73 Å². The Bertz CT molecular complexity index is 423. The lowest BCUT2D eigenvalue weighted by molar-refractivity contribution is 0.164. The molecular formula is C12H17F2N3O2. The van der Waals surface area contributed by atoms with E-state index in [2.05, 4.69) is 10.6 Å². The fourth-order valence-electron chi connectivity index (χ4n) is 1.53. The second-order valence-corrected chi connectivity index (χ2v) is 3.95. The molecule has 0 fully saturated rings. The molecule has 0 bridgehead atoms. The van der Waals surface area contributed by atoms with E-state index < -0.39 is 17.7 Å². The van der Waals surface area contributed by atoms with Crippen molar-refractivity contribution in [1.82, 2.24) is 5.32 Å². The van der Waals surface area contributed by atoms with Gasteiger partial charge in [0.2, 0.25) is 0 Å². The minimum Gasteiger partial charge on any atom is -0.383 e. The van der Waals surface area contributed by atoms with Crippen molar-refractivity contribution < 1.29 is 18.3 Å². The van der Waals surface area contributed by atoms with Gasteiger partial charge in [0.25, 0.3) is 0 Å². The molecule has 106 valence electrons. The van der Waals surface area contributed by atoms with Gasteiger partial charge in [0.05, 0.1) is 18.3 Å². The summed E-state index contributed by atoms with van der Waals surface area (Å²) in [5.74, 6) is -1.54. The van der Waals surface area contributed by atoms with Gasteiger partial charge in [-0.25, -0.2) is 13.6 Å². The summed E-state index contributed by atoms with van der Waals surface area (Å²) in [5.41, 5.74) is 5.31. The maximum Gasteiger partial charge on any atom is 0.319 e. The summed E-state index contributed by atoms with van der Waals surface area (Å²) >= 11 is 0. The molecule has 1 unspecified atom stereocenters. The van der Waals surface area contributed by atoms with Gasteiger partial charge in [-0.2, -0.15) is 0 Å².